The molecule has 1 atom stereocenters. The van der Waals surface area contributed by atoms with Gasteiger partial charge in [-0.25, -0.2) is 10.0 Å². The van der Waals surface area contributed by atoms with E-state index in [1.807, 2.05) is 19.1 Å². The number of hydrogen-bond acceptors (Lipinski definition) is 4. The minimum absolute atomic E-state index is 0.0307. The van der Waals surface area contributed by atoms with Crippen LogP contribution in [0.15, 0.2) is 23.9 Å². The summed E-state index contributed by atoms with van der Waals surface area (Å²) >= 11 is 0. The number of anilines is 1. The third-order valence-electron chi connectivity index (χ3n) is 3.43. The zero-order chi connectivity index (χ0) is 12.7. The molecule has 0 aromatic carbocycles. The van der Waals surface area contributed by atoms with E-state index in [9.17, 15) is 4.79 Å². The molecule has 1 aromatic heterocycles. The Morgan fingerprint density at radius 3 is 3.17 bits per heavy atom. The fourth-order valence-electron chi connectivity index (χ4n) is 2.73. The number of aromatic nitrogens is 1. The Bertz CT molecular complexity index is 539. The second-order valence-electron chi connectivity index (χ2n) is 4.58. The first kappa shape index (κ1) is 11.2. The third-order valence-corrected chi connectivity index (χ3v) is 3.43. The van der Waals surface area contributed by atoms with E-state index in [1.165, 1.54) is 5.57 Å². The first-order valence-corrected chi connectivity index (χ1v) is 5.99. The molecule has 2 aliphatic heterocycles. The van der Waals surface area contributed by atoms with Gasteiger partial charge in [-0.15, -0.1) is 0 Å². The Hall–Kier alpha value is -1.88. The fourth-order valence-corrected chi connectivity index (χ4v) is 2.73. The lowest BCUT2D eigenvalue weighted by molar-refractivity contribution is -0.121. The van der Waals surface area contributed by atoms with Gasteiger partial charge >= 0.3 is 0 Å². The number of hydroxylamine groups is 1. The van der Waals surface area contributed by atoms with E-state index in [0.29, 0.717) is 13.0 Å². The normalized spacial score (nSPS) is 22.4. The summed E-state index contributed by atoms with van der Waals surface area (Å²) < 4.78 is 0. The van der Waals surface area contributed by atoms with Crippen molar-refractivity contribution in [1.29, 1.82) is 0 Å². The molecule has 18 heavy (non-hydrogen) atoms. The molecule has 5 nitrogen and oxygen atoms in total. The smallest absolute Gasteiger partial charge is 0.224 e. The number of carbonyl (C=O) groups is 1. The molecular weight excluding hydrogens is 230 g/mol. The van der Waals surface area contributed by atoms with Crippen LogP contribution >= 0.6 is 0 Å². The predicted octanol–water partition coefficient (Wildman–Crippen LogP) is 1.12. The predicted molar refractivity (Wildman–Crippen MR) is 67.7 cm³/mol. The summed E-state index contributed by atoms with van der Waals surface area (Å²) in [5.41, 5.74) is 3.35. The van der Waals surface area contributed by atoms with Gasteiger partial charge in [-0.05, 0) is 30.2 Å². The molecule has 0 fully saturated rings. The summed E-state index contributed by atoms with van der Waals surface area (Å²) in [5, 5.41) is 4.70. The van der Waals surface area contributed by atoms with Gasteiger partial charge in [-0.3, -0.25) is 9.63 Å². The first-order chi connectivity index (χ1) is 8.70. The molecule has 5 heteroatoms. The van der Waals surface area contributed by atoms with Crippen molar-refractivity contribution in [2.24, 2.45) is 0 Å². The Morgan fingerprint density at radius 1 is 1.56 bits per heavy atom. The number of carbonyl (C=O) groups excluding carboxylic acids is 1. The van der Waals surface area contributed by atoms with Gasteiger partial charge in [0.15, 0.2) is 5.82 Å². The van der Waals surface area contributed by atoms with E-state index in [4.69, 9.17) is 4.84 Å². The van der Waals surface area contributed by atoms with Gasteiger partial charge in [-0.2, -0.15) is 0 Å². The number of hydrogen-bond donors (Lipinski definition) is 1. The van der Waals surface area contributed by atoms with Crippen LogP contribution in [0.25, 0.3) is 5.57 Å². The molecule has 0 saturated carbocycles. The zero-order valence-corrected chi connectivity index (χ0v) is 10.4. The number of rotatable bonds is 1. The molecule has 0 saturated heterocycles. The van der Waals surface area contributed by atoms with E-state index >= 15 is 0 Å². The van der Waals surface area contributed by atoms with E-state index < -0.39 is 0 Å². The van der Waals surface area contributed by atoms with Crippen LogP contribution in [0.3, 0.4) is 0 Å². The number of nitrogens with zero attached hydrogens (tertiary/aromatic N) is 2. The van der Waals surface area contributed by atoms with E-state index in [2.05, 4.69) is 10.3 Å². The van der Waals surface area contributed by atoms with Crippen LogP contribution in [0.5, 0.6) is 0 Å². The highest BCUT2D eigenvalue weighted by Gasteiger charge is 2.32. The molecular formula is C13H15N3O2. The molecule has 1 N–H and O–H groups in total. The van der Waals surface area contributed by atoms with Crippen molar-refractivity contribution in [2.75, 3.05) is 18.7 Å². The topological polar surface area (TPSA) is 54.5 Å². The van der Waals surface area contributed by atoms with Gasteiger partial charge in [-0.1, -0.05) is 0 Å². The van der Waals surface area contributed by atoms with Gasteiger partial charge in [0.2, 0.25) is 5.91 Å². The molecule has 3 rings (SSSR count). The van der Waals surface area contributed by atoms with E-state index in [0.717, 1.165) is 17.0 Å². The molecule has 1 amide bonds. The Morgan fingerprint density at radius 2 is 2.39 bits per heavy atom. The van der Waals surface area contributed by atoms with Gasteiger partial charge in [0, 0.05) is 11.8 Å². The first-order valence-electron chi connectivity index (χ1n) is 5.99. The van der Waals surface area contributed by atoms with Crippen LogP contribution in [0, 0.1) is 0 Å². The molecule has 3 heterocycles. The third kappa shape index (κ3) is 1.59. The van der Waals surface area contributed by atoms with Gasteiger partial charge < -0.3 is 5.32 Å². The molecule has 0 bridgehead atoms. The molecule has 1 unspecified atom stereocenters. The van der Waals surface area contributed by atoms with E-state index in [1.54, 1.807) is 18.4 Å². The van der Waals surface area contributed by atoms with Crippen molar-refractivity contribution < 1.29 is 9.63 Å². The quantitative estimate of drug-likeness (QED) is 0.805. The van der Waals surface area contributed by atoms with Gasteiger partial charge in [0.05, 0.1) is 26.1 Å². The highest BCUT2D eigenvalue weighted by molar-refractivity contribution is 5.93. The van der Waals surface area contributed by atoms with Crippen molar-refractivity contribution in [3.8, 4) is 0 Å². The molecule has 1 aromatic rings. The zero-order valence-electron chi connectivity index (χ0n) is 10.4. The summed E-state index contributed by atoms with van der Waals surface area (Å²) in [6.07, 6.45) is 2.19. The van der Waals surface area contributed by atoms with Crippen LogP contribution in [0.2, 0.25) is 0 Å². The van der Waals surface area contributed by atoms with Crippen LogP contribution in [-0.4, -0.2) is 30.6 Å². The lowest BCUT2D eigenvalue weighted by Crippen LogP contribution is -2.43. The van der Waals surface area contributed by atoms with Crippen LogP contribution in [-0.2, 0) is 9.63 Å². The van der Waals surface area contributed by atoms with Gasteiger partial charge in [0.25, 0.3) is 0 Å². The second kappa shape index (κ2) is 4.10. The second-order valence-corrected chi connectivity index (χ2v) is 4.58. The largest absolute Gasteiger partial charge is 0.349 e. The summed E-state index contributed by atoms with van der Waals surface area (Å²) in [6.45, 7) is 2.61. The molecule has 0 spiro atoms. The summed E-state index contributed by atoms with van der Waals surface area (Å²) in [4.78, 5) is 21.3. The van der Waals surface area contributed by atoms with Crippen molar-refractivity contribution in [3.05, 3.63) is 29.5 Å². The van der Waals surface area contributed by atoms with Crippen molar-refractivity contribution >= 4 is 17.3 Å². The number of pyridine rings is 1. The molecule has 0 radical (unpaired) electrons. The molecule has 0 aliphatic carbocycles. The summed E-state index contributed by atoms with van der Waals surface area (Å²) in [7, 11) is 1.62. The average molecular weight is 245 g/mol. The lowest BCUT2D eigenvalue weighted by Gasteiger charge is -2.36. The Labute approximate surface area is 105 Å². The SMILES string of the molecule is CON1CC2=C(c3cccnc31)C(C)NC(=O)C2. The maximum Gasteiger partial charge on any atom is 0.224 e. The molecule has 94 valence electrons. The van der Waals surface area contributed by atoms with Crippen LogP contribution in [0.4, 0.5) is 5.82 Å². The van der Waals surface area contributed by atoms with Crippen molar-refractivity contribution in [2.45, 2.75) is 19.4 Å². The Kier molecular flexibility index (Phi) is 2.56. The lowest BCUT2D eigenvalue weighted by atomic mass is 9.87. The van der Waals surface area contributed by atoms with Gasteiger partial charge in [0.1, 0.15) is 0 Å². The summed E-state index contributed by atoms with van der Waals surface area (Å²) in [5.74, 6) is 0.895. The standard InChI is InChI=1S/C13H15N3O2/c1-8-12-9(6-11(17)15-8)7-16(18-2)13-10(12)4-3-5-14-13/h3-5,8H,6-7H2,1-2H3,(H,15,17). The number of amides is 1. The summed E-state index contributed by atoms with van der Waals surface area (Å²) in [6, 6.07) is 3.96. The average Bonchev–Trinajstić information content (AvgIpc) is 2.36. The van der Waals surface area contributed by atoms with Crippen molar-refractivity contribution in [3.63, 3.8) is 0 Å². The minimum atomic E-state index is 0.0307. The minimum Gasteiger partial charge on any atom is -0.349 e. The number of nitrogens with one attached hydrogen (secondary N) is 1. The maximum atomic E-state index is 11.6. The van der Waals surface area contributed by atoms with Crippen LogP contribution in [0.1, 0.15) is 18.9 Å². The highest BCUT2D eigenvalue weighted by Crippen LogP contribution is 2.37. The van der Waals surface area contributed by atoms with Crippen LogP contribution < -0.4 is 10.4 Å². The van der Waals surface area contributed by atoms with Crippen molar-refractivity contribution in [1.82, 2.24) is 10.3 Å². The molecule has 2 aliphatic rings. The monoisotopic (exact) mass is 245 g/mol. The highest BCUT2D eigenvalue weighted by atomic mass is 16.7. The fraction of sp³-hybridized carbons (Fsp3) is 0.385. The number of fused-ring (bicyclic) bond motifs is 2. The maximum absolute atomic E-state index is 11.6. The van der Waals surface area contributed by atoms with E-state index in [-0.39, 0.29) is 11.9 Å². The Balaban J connectivity index is 2.16.